The van der Waals surface area contributed by atoms with Crippen LogP contribution < -0.4 is 5.32 Å². The van der Waals surface area contributed by atoms with Crippen LogP contribution in [0.2, 0.25) is 5.02 Å². The molecule has 0 radical (unpaired) electrons. The van der Waals surface area contributed by atoms with Gasteiger partial charge >= 0.3 is 5.97 Å². The number of carbonyl (C=O) groups is 2. The van der Waals surface area contributed by atoms with Crippen LogP contribution in [-0.2, 0) is 15.1 Å². The fourth-order valence-corrected chi connectivity index (χ4v) is 4.13. The van der Waals surface area contributed by atoms with Crippen LogP contribution in [0.15, 0.2) is 28.9 Å². The van der Waals surface area contributed by atoms with Gasteiger partial charge in [0.05, 0.1) is 23.0 Å². The molecule has 132 valence electrons. The van der Waals surface area contributed by atoms with Gasteiger partial charge in [0.25, 0.3) is 5.91 Å². The summed E-state index contributed by atoms with van der Waals surface area (Å²) in [6.07, 6.45) is 0. The highest BCUT2D eigenvalue weighted by molar-refractivity contribution is 9.10. The van der Waals surface area contributed by atoms with E-state index in [0.717, 1.165) is 0 Å². The average Bonchev–Trinajstić information content (AvgIpc) is 3.02. The molecule has 0 saturated carbocycles. The zero-order valence-electron chi connectivity index (χ0n) is 13.8. The van der Waals surface area contributed by atoms with E-state index in [1.165, 1.54) is 7.11 Å². The van der Waals surface area contributed by atoms with Crippen molar-refractivity contribution in [2.24, 2.45) is 0 Å². The number of halogens is 2. The molecule has 0 bridgehead atoms. The molecule has 1 aromatic carbocycles. The Morgan fingerprint density at radius 2 is 2.08 bits per heavy atom. The van der Waals surface area contributed by atoms with E-state index in [0.29, 0.717) is 20.9 Å². The Balaban J connectivity index is 2.36. The van der Waals surface area contributed by atoms with Crippen LogP contribution >= 0.6 is 27.5 Å². The van der Waals surface area contributed by atoms with Crippen molar-refractivity contribution in [2.45, 2.75) is 25.5 Å². The minimum absolute atomic E-state index is 0.114. The lowest BCUT2D eigenvalue weighted by molar-refractivity contribution is -0.130. The number of hydrogen-bond donors (Lipinski definition) is 2. The molecule has 1 atom stereocenters. The fourth-order valence-electron chi connectivity index (χ4n) is 3.14. The molecule has 2 aromatic rings. The van der Waals surface area contributed by atoms with E-state index in [1.54, 1.807) is 28.8 Å². The zero-order valence-corrected chi connectivity index (χ0v) is 16.1. The summed E-state index contributed by atoms with van der Waals surface area (Å²) in [6, 6.07) is 6.13. The minimum atomic E-state index is -2.04. The van der Waals surface area contributed by atoms with Gasteiger partial charge in [0.1, 0.15) is 0 Å². The van der Waals surface area contributed by atoms with E-state index in [9.17, 15) is 14.7 Å². The van der Waals surface area contributed by atoms with Crippen LogP contribution in [0.1, 0.15) is 41.5 Å². The number of hydrogen-bond acceptors (Lipinski definition) is 4. The third kappa shape index (κ3) is 2.58. The lowest BCUT2D eigenvalue weighted by Crippen LogP contribution is -2.39. The molecule has 2 N–H and O–H groups in total. The standard InChI is InChI=1S/C17H16BrClN2O4/c1-8(2)21-13(18)7-10(15(22)25-3)14(21)17(24)11-5-4-9(19)6-12(11)20-16(17)23/h4-8,24H,1-3H3,(H,20,23). The summed E-state index contributed by atoms with van der Waals surface area (Å²) < 4.78 is 7.08. The molecule has 0 aliphatic carbocycles. The molecule has 1 aliphatic rings. The normalized spacial score (nSPS) is 19.1. The molecule has 8 heteroatoms. The van der Waals surface area contributed by atoms with E-state index in [-0.39, 0.29) is 17.3 Å². The Kier molecular flexibility index (Phi) is 4.43. The molecular formula is C17H16BrClN2O4. The van der Waals surface area contributed by atoms with Gasteiger partial charge in [0.15, 0.2) is 0 Å². The van der Waals surface area contributed by atoms with Gasteiger partial charge in [-0.1, -0.05) is 17.7 Å². The molecule has 3 rings (SSSR count). The number of nitrogens with zero attached hydrogens (tertiary/aromatic N) is 1. The third-order valence-electron chi connectivity index (χ3n) is 4.20. The van der Waals surface area contributed by atoms with E-state index in [2.05, 4.69) is 21.2 Å². The Morgan fingerprint density at radius 3 is 2.68 bits per heavy atom. The molecule has 0 saturated heterocycles. The summed E-state index contributed by atoms with van der Waals surface area (Å²) in [4.78, 5) is 25.0. The highest BCUT2D eigenvalue weighted by Crippen LogP contribution is 2.45. The number of carbonyl (C=O) groups excluding carboxylic acids is 2. The molecule has 0 spiro atoms. The summed E-state index contributed by atoms with van der Waals surface area (Å²) in [5, 5.41) is 14.5. The molecule has 6 nitrogen and oxygen atoms in total. The predicted octanol–water partition coefficient (Wildman–Crippen LogP) is 3.46. The summed E-state index contributed by atoms with van der Waals surface area (Å²) in [6.45, 7) is 3.77. The van der Waals surface area contributed by atoms with Gasteiger partial charge in [-0.3, -0.25) is 4.79 Å². The number of aromatic nitrogens is 1. The first kappa shape index (κ1) is 18.0. The maximum atomic E-state index is 12.7. The van der Waals surface area contributed by atoms with Crippen LogP contribution in [-0.4, -0.2) is 28.7 Å². The van der Waals surface area contributed by atoms with Crippen molar-refractivity contribution in [2.75, 3.05) is 12.4 Å². The number of esters is 1. The summed E-state index contributed by atoms with van der Waals surface area (Å²) in [7, 11) is 1.25. The zero-order chi connectivity index (χ0) is 18.5. The average molecular weight is 428 g/mol. The summed E-state index contributed by atoms with van der Waals surface area (Å²) in [5.74, 6) is -1.29. The van der Waals surface area contributed by atoms with Gasteiger partial charge in [-0.2, -0.15) is 0 Å². The number of rotatable bonds is 3. The molecule has 1 unspecified atom stereocenters. The molecule has 2 heterocycles. The Bertz CT molecular complexity index is 893. The first-order chi connectivity index (χ1) is 11.7. The highest BCUT2D eigenvalue weighted by Gasteiger charge is 2.51. The molecular weight excluding hydrogens is 412 g/mol. The monoisotopic (exact) mass is 426 g/mol. The van der Waals surface area contributed by atoms with Gasteiger partial charge in [-0.25, -0.2) is 4.79 Å². The second-order valence-electron chi connectivity index (χ2n) is 6.04. The Hall–Kier alpha value is -1.83. The highest BCUT2D eigenvalue weighted by atomic mass is 79.9. The van der Waals surface area contributed by atoms with Crippen molar-refractivity contribution in [1.29, 1.82) is 0 Å². The second kappa shape index (κ2) is 6.16. The van der Waals surface area contributed by atoms with Crippen LogP contribution in [0.4, 0.5) is 5.69 Å². The van der Waals surface area contributed by atoms with E-state index < -0.39 is 17.5 Å². The first-order valence-electron chi connectivity index (χ1n) is 7.55. The smallest absolute Gasteiger partial charge is 0.339 e. The topological polar surface area (TPSA) is 80.6 Å². The van der Waals surface area contributed by atoms with Gasteiger partial charge < -0.3 is 19.7 Å². The lowest BCUT2D eigenvalue weighted by atomic mass is 9.89. The van der Waals surface area contributed by atoms with Crippen molar-refractivity contribution >= 4 is 45.1 Å². The molecule has 0 fully saturated rings. The van der Waals surface area contributed by atoms with Gasteiger partial charge in [-0.05, 0) is 48.0 Å². The first-order valence-corrected chi connectivity index (χ1v) is 8.72. The number of benzene rings is 1. The number of nitrogens with one attached hydrogen (secondary N) is 1. The predicted molar refractivity (Wildman–Crippen MR) is 96.9 cm³/mol. The van der Waals surface area contributed by atoms with Crippen molar-refractivity contribution in [3.8, 4) is 0 Å². The number of ether oxygens (including phenoxy) is 1. The van der Waals surface area contributed by atoms with Crippen molar-refractivity contribution < 1.29 is 19.4 Å². The van der Waals surface area contributed by atoms with E-state index >= 15 is 0 Å². The fraction of sp³-hybridized carbons (Fsp3) is 0.294. The van der Waals surface area contributed by atoms with Crippen molar-refractivity contribution in [1.82, 2.24) is 4.57 Å². The largest absolute Gasteiger partial charge is 0.465 e. The quantitative estimate of drug-likeness (QED) is 0.735. The number of amides is 1. The minimum Gasteiger partial charge on any atom is -0.465 e. The molecule has 1 aromatic heterocycles. The van der Waals surface area contributed by atoms with Crippen LogP contribution in [0.3, 0.4) is 0 Å². The van der Waals surface area contributed by atoms with Gasteiger partial charge in [0.2, 0.25) is 5.60 Å². The third-order valence-corrected chi connectivity index (χ3v) is 5.05. The van der Waals surface area contributed by atoms with Crippen molar-refractivity contribution in [3.63, 3.8) is 0 Å². The lowest BCUT2D eigenvalue weighted by Gasteiger charge is -2.26. The number of aliphatic hydroxyl groups is 1. The van der Waals surface area contributed by atoms with Crippen LogP contribution in [0.25, 0.3) is 0 Å². The van der Waals surface area contributed by atoms with Crippen LogP contribution in [0, 0.1) is 0 Å². The van der Waals surface area contributed by atoms with Crippen LogP contribution in [0.5, 0.6) is 0 Å². The second-order valence-corrected chi connectivity index (χ2v) is 7.29. The maximum absolute atomic E-state index is 12.7. The van der Waals surface area contributed by atoms with Crippen molar-refractivity contribution in [3.05, 3.63) is 50.7 Å². The Morgan fingerprint density at radius 1 is 1.40 bits per heavy atom. The number of anilines is 1. The number of fused-ring (bicyclic) bond motifs is 1. The van der Waals surface area contributed by atoms with Gasteiger partial charge in [-0.15, -0.1) is 0 Å². The van der Waals surface area contributed by atoms with E-state index in [4.69, 9.17) is 16.3 Å². The molecule has 1 amide bonds. The molecule has 25 heavy (non-hydrogen) atoms. The SMILES string of the molecule is COC(=O)c1cc(Br)n(C(C)C)c1C1(O)C(=O)Nc2cc(Cl)ccc21. The number of methoxy groups -OCH3 is 1. The molecule has 1 aliphatic heterocycles. The van der Waals surface area contributed by atoms with E-state index in [1.807, 2.05) is 13.8 Å². The maximum Gasteiger partial charge on any atom is 0.339 e. The van der Waals surface area contributed by atoms with Gasteiger partial charge in [0, 0.05) is 22.3 Å². The Labute approximate surface area is 157 Å². The summed E-state index contributed by atoms with van der Waals surface area (Å²) >= 11 is 9.38. The summed E-state index contributed by atoms with van der Waals surface area (Å²) in [5.41, 5.74) is -1.04.